The van der Waals surface area contributed by atoms with Crippen LogP contribution in [0.2, 0.25) is 0 Å². The van der Waals surface area contributed by atoms with Crippen LogP contribution in [0.3, 0.4) is 0 Å². The fourth-order valence-electron chi connectivity index (χ4n) is 1.49. The second-order valence-electron chi connectivity index (χ2n) is 5.19. The Morgan fingerprint density at radius 1 is 1.41 bits per heavy atom. The van der Waals surface area contributed by atoms with Crippen molar-refractivity contribution < 1.29 is 14.3 Å². The van der Waals surface area contributed by atoms with E-state index in [2.05, 4.69) is 15.9 Å². The molecule has 0 aliphatic rings. The van der Waals surface area contributed by atoms with Crippen molar-refractivity contribution in [2.24, 2.45) is 5.41 Å². The van der Waals surface area contributed by atoms with Crippen molar-refractivity contribution in [3.63, 3.8) is 0 Å². The predicted molar refractivity (Wildman–Crippen MR) is 68.3 cm³/mol. The molecule has 0 amide bonds. The van der Waals surface area contributed by atoms with Crippen LogP contribution in [0.15, 0.2) is 22.7 Å². The van der Waals surface area contributed by atoms with E-state index in [1.165, 1.54) is 12.1 Å². The fourth-order valence-corrected chi connectivity index (χ4v) is 2.01. The van der Waals surface area contributed by atoms with Gasteiger partial charge in [0.05, 0.1) is 0 Å². The van der Waals surface area contributed by atoms with Crippen LogP contribution < -0.4 is 0 Å². The van der Waals surface area contributed by atoms with Gasteiger partial charge in [0.15, 0.2) is 5.78 Å². The Kier molecular flexibility index (Phi) is 4.44. The van der Waals surface area contributed by atoms with Gasteiger partial charge in [-0.25, -0.2) is 4.39 Å². The number of halogens is 2. The summed E-state index contributed by atoms with van der Waals surface area (Å²) in [7, 11) is 0. The lowest BCUT2D eigenvalue weighted by atomic mass is 9.85. The van der Waals surface area contributed by atoms with Gasteiger partial charge < -0.3 is 5.11 Å². The molecule has 0 saturated heterocycles. The lowest BCUT2D eigenvalue weighted by Crippen LogP contribution is -2.35. The van der Waals surface area contributed by atoms with Crippen LogP contribution >= 0.6 is 15.9 Å². The van der Waals surface area contributed by atoms with Gasteiger partial charge in [-0.3, -0.25) is 4.79 Å². The number of carbonyl (C=O) groups is 1. The van der Waals surface area contributed by atoms with Crippen LogP contribution in [-0.4, -0.2) is 17.0 Å². The highest BCUT2D eigenvalue weighted by Gasteiger charge is 2.28. The van der Waals surface area contributed by atoms with Crippen molar-refractivity contribution in [2.45, 2.75) is 33.3 Å². The molecular weight excluding hydrogens is 287 g/mol. The van der Waals surface area contributed by atoms with Gasteiger partial charge in [-0.1, -0.05) is 36.7 Å². The second-order valence-corrected chi connectivity index (χ2v) is 6.11. The van der Waals surface area contributed by atoms with Gasteiger partial charge in [0.2, 0.25) is 0 Å². The molecule has 1 unspecified atom stereocenters. The molecular formula is C13H16BrFO2. The molecule has 0 fully saturated rings. The maximum atomic E-state index is 13.1. The van der Waals surface area contributed by atoms with E-state index < -0.39 is 17.3 Å². The third-order valence-electron chi connectivity index (χ3n) is 2.43. The van der Waals surface area contributed by atoms with Crippen molar-refractivity contribution in [3.8, 4) is 0 Å². The molecule has 1 aromatic rings. The Hall–Kier alpha value is -0.740. The van der Waals surface area contributed by atoms with Gasteiger partial charge in [0, 0.05) is 10.9 Å². The zero-order valence-electron chi connectivity index (χ0n) is 10.1. The molecule has 0 heterocycles. The summed E-state index contributed by atoms with van der Waals surface area (Å²) >= 11 is 3.17. The molecule has 1 N–H and O–H groups in total. The Balaban J connectivity index is 2.81. The Morgan fingerprint density at radius 2 is 2.00 bits per heavy atom. The molecule has 94 valence electrons. The number of Topliss-reactive ketones (excluding diaryl/α,β-unsaturated/α-hetero) is 1. The van der Waals surface area contributed by atoms with Gasteiger partial charge in [-0.2, -0.15) is 0 Å². The summed E-state index contributed by atoms with van der Waals surface area (Å²) in [5.74, 6) is -0.692. The van der Waals surface area contributed by atoms with Crippen LogP contribution in [0.5, 0.6) is 0 Å². The van der Waals surface area contributed by atoms with E-state index in [0.717, 1.165) is 0 Å². The molecule has 0 aliphatic heterocycles. The summed E-state index contributed by atoms with van der Waals surface area (Å²) < 4.78 is 13.7. The first kappa shape index (κ1) is 14.3. The number of ketones is 1. The number of rotatable bonds is 3. The summed E-state index contributed by atoms with van der Waals surface area (Å²) in [6.45, 7) is 5.37. The van der Waals surface area contributed by atoms with Crippen molar-refractivity contribution in [1.82, 2.24) is 0 Å². The van der Waals surface area contributed by atoms with Gasteiger partial charge in [-0.05, 0) is 29.2 Å². The minimum absolute atomic E-state index is 0.0365. The molecule has 2 nitrogen and oxygen atoms in total. The molecule has 0 bridgehead atoms. The standard InChI is InChI=1S/C13H16BrFO2/c1-13(2,3)12(17)11(16)6-8-4-9(14)7-10(15)5-8/h4-5,7,12,17H,6H2,1-3H3. The van der Waals surface area contributed by atoms with Crippen molar-refractivity contribution in [1.29, 1.82) is 0 Å². The predicted octanol–water partition coefficient (Wildman–Crippen LogP) is 3.11. The number of carbonyl (C=O) groups excluding carboxylic acids is 1. The average Bonchev–Trinajstić information content (AvgIpc) is 2.13. The van der Waals surface area contributed by atoms with Gasteiger partial charge >= 0.3 is 0 Å². The molecule has 1 atom stereocenters. The summed E-state index contributed by atoms with van der Waals surface area (Å²) in [5.41, 5.74) is 0.0620. The minimum atomic E-state index is -1.04. The van der Waals surface area contributed by atoms with E-state index in [1.54, 1.807) is 26.8 Å². The summed E-state index contributed by atoms with van der Waals surface area (Å²) in [6.07, 6.45) is -1.00. The molecule has 1 rings (SSSR count). The lowest BCUT2D eigenvalue weighted by Gasteiger charge is -2.24. The molecule has 0 saturated carbocycles. The van der Waals surface area contributed by atoms with Crippen LogP contribution in [0.1, 0.15) is 26.3 Å². The monoisotopic (exact) mass is 302 g/mol. The van der Waals surface area contributed by atoms with Crippen molar-refractivity contribution in [3.05, 3.63) is 34.1 Å². The molecule has 1 aromatic carbocycles. The first-order valence-electron chi connectivity index (χ1n) is 5.36. The normalized spacial score (nSPS) is 13.5. The first-order valence-corrected chi connectivity index (χ1v) is 6.15. The minimum Gasteiger partial charge on any atom is -0.385 e. The lowest BCUT2D eigenvalue weighted by molar-refractivity contribution is -0.131. The molecule has 0 aromatic heterocycles. The SMILES string of the molecule is CC(C)(C)C(O)C(=O)Cc1cc(F)cc(Br)c1. The third kappa shape index (κ3) is 4.21. The summed E-state index contributed by atoms with van der Waals surface area (Å²) in [4.78, 5) is 11.8. The molecule has 17 heavy (non-hydrogen) atoms. The van der Waals surface area contributed by atoms with E-state index in [9.17, 15) is 14.3 Å². The molecule has 4 heteroatoms. The molecule has 0 spiro atoms. The number of aliphatic hydroxyl groups excluding tert-OH is 1. The number of aliphatic hydroxyl groups is 1. The zero-order chi connectivity index (χ0) is 13.2. The maximum Gasteiger partial charge on any atom is 0.166 e. The topological polar surface area (TPSA) is 37.3 Å². The molecule has 0 aliphatic carbocycles. The summed E-state index contributed by atoms with van der Waals surface area (Å²) in [5, 5.41) is 9.80. The largest absolute Gasteiger partial charge is 0.385 e. The van der Waals surface area contributed by atoms with Crippen LogP contribution in [0.25, 0.3) is 0 Å². The molecule has 0 radical (unpaired) electrons. The third-order valence-corrected chi connectivity index (χ3v) is 2.88. The smallest absolute Gasteiger partial charge is 0.166 e. The fraction of sp³-hybridized carbons (Fsp3) is 0.462. The second kappa shape index (κ2) is 5.27. The number of hydrogen-bond donors (Lipinski definition) is 1. The Morgan fingerprint density at radius 3 is 2.47 bits per heavy atom. The van der Waals surface area contributed by atoms with E-state index in [4.69, 9.17) is 0 Å². The Bertz CT molecular complexity index is 404. The van der Waals surface area contributed by atoms with E-state index in [-0.39, 0.29) is 12.2 Å². The first-order chi connectivity index (χ1) is 7.70. The number of hydrogen-bond acceptors (Lipinski definition) is 2. The zero-order valence-corrected chi connectivity index (χ0v) is 11.7. The van der Waals surface area contributed by atoms with Crippen molar-refractivity contribution in [2.75, 3.05) is 0 Å². The van der Waals surface area contributed by atoms with Gasteiger partial charge in [0.25, 0.3) is 0 Å². The van der Waals surface area contributed by atoms with Crippen LogP contribution in [-0.2, 0) is 11.2 Å². The quantitative estimate of drug-likeness (QED) is 0.931. The van der Waals surface area contributed by atoms with E-state index in [0.29, 0.717) is 10.0 Å². The van der Waals surface area contributed by atoms with Crippen LogP contribution in [0, 0.1) is 11.2 Å². The van der Waals surface area contributed by atoms with Crippen LogP contribution in [0.4, 0.5) is 4.39 Å². The van der Waals surface area contributed by atoms with Crippen molar-refractivity contribution >= 4 is 21.7 Å². The van der Waals surface area contributed by atoms with E-state index >= 15 is 0 Å². The van der Waals surface area contributed by atoms with Gasteiger partial charge in [-0.15, -0.1) is 0 Å². The number of benzene rings is 1. The van der Waals surface area contributed by atoms with E-state index in [1.807, 2.05) is 0 Å². The highest BCUT2D eigenvalue weighted by molar-refractivity contribution is 9.10. The Labute approximate surface area is 109 Å². The maximum absolute atomic E-state index is 13.1. The average molecular weight is 303 g/mol. The van der Waals surface area contributed by atoms with Gasteiger partial charge in [0.1, 0.15) is 11.9 Å². The highest BCUT2D eigenvalue weighted by Crippen LogP contribution is 2.22. The summed E-state index contributed by atoms with van der Waals surface area (Å²) in [6, 6.07) is 4.31. The highest BCUT2D eigenvalue weighted by atomic mass is 79.9.